The zero-order chi connectivity index (χ0) is 15.0. The van der Waals surface area contributed by atoms with Crippen LogP contribution in [0.2, 0.25) is 0 Å². The summed E-state index contributed by atoms with van der Waals surface area (Å²) in [5, 5.41) is 3.12. The number of carbonyl (C=O) groups excluding carboxylic acids is 1. The molecule has 20 heavy (non-hydrogen) atoms. The second-order valence-electron chi connectivity index (χ2n) is 5.27. The highest BCUT2D eigenvalue weighted by atomic mass is 16.5. The first-order valence-corrected chi connectivity index (χ1v) is 7.30. The van der Waals surface area contributed by atoms with Gasteiger partial charge < -0.3 is 15.8 Å². The number of carbonyl (C=O) groups is 1. The number of amides is 1. The standard InChI is InChI=1S/C16H26N2O2/c1-4-10-18-15(16(17)19)9-11-20-14-7-5-13(6-8-14)12(2)3/h5-8,12,15,18H,4,9-11H2,1-3H3,(H2,17,19). The highest BCUT2D eigenvalue weighted by Crippen LogP contribution is 2.18. The van der Waals surface area contributed by atoms with Crippen molar-refractivity contribution in [2.45, 2.75) is 45.6 Å². The van der Waals surface area contributed by atoms with E-state index in [1.807, 2.05) is 12.1 Å². The maximum absolute atomic E-state index is 11.3. The number of nitrogens with two attached hydrogens (primary N) is 1. The molecular formula is C16H26N2O2. The van der Waals surface area contributed by atoms with Crippen molar-refractivity contribution in [3.8, 4) is 5.75 Å². The van der Waals surface area contributed by atoms with Gasteiger partial charge in [0.15, 0.2) is 0 Å². The Morgan fingerprint density at radius 1 is 1.30 bits per heavy atom. The minimum Gasteiger partial charge on any atom is -0.494 e. The largest absolute Gasteiger partial charge is 0.494 e. The number of hydrogen-bond donors (Lipinski definition) is 2. The minimum atomic E-state index is -0.322. The fourth-order valence-corrected chi connectivity index (χ4v) is 1.91. The van der Waals surface area contributed by atoms with Crippen molar-refractivity contribution in [3.63, 3.8) is 0 Å². The van der Waals surface area contributed by atoms with Crippen LogP contribution in [0.25, 0.3) is 0 Å². The van der Waals surface area contributed by atoms with Crippen LogP contribution in [-0.2, 0) is 4.79 Å². The Bertz CT molecular complexity index is 401. The van der Waals surface area contributed by atoms with Crippen LogP contribution in [0, 0.1) is 0 Å². The first-order chi connectivity index (χ1) is 9.54. The van der Waals surface area contributed by atoms with Crippen LogP contribution < -0.4 is 15.8 Å². The number of primary amides is 1. The second-order valence-corrected chi connectivity index (χ2v) is 5.27. The van der Waals surface area contributed by atoms with Gasteiger partial charge >= 0.3 is 0 Å². The molecule has 0 fully saturated rings. The average molecular weight is 278 g/mol. The highest BCUT2D eigenvalue weighted by molar-refractivity contribution is 5.79. The molecule has 0 saturated carbocycles. The lowest BCUT2D eigenvalue weighted by atomic mass is 10.0. The lowest BCUT2D eigenvalue weighted by Gasteiger charge is -2.15. The Labute approximate surface area is 121 Å². The molecule has 1 rings (SSSR count). The fourth-order valence-electron chi connectivity index (χ4n) is 1.91. The molecule has 4 nitrogen and oxygen atoms in total. The van der Waals surface area contributed by atoms with E-state index < -0.39 is 0 Å². The zero-order valence-electron chi connectivity index (χ0n) is 12.7. The van der Waals surface area contributed by atoms with Crippen molar-refractivity contribution in [1.82, 2.24) is 5.32 Å². The van der Waals surface area contributed by atoms with Gasteiger partial charge in [-0.25, -0.2) is 0 Å². The van der Waals surface area contributed by atoms with Crippen LogP contribution in [0.5, 0.6) is 5.75 Å². The Balaban J connectivity index is 2.40. The molecule has 1 aromatic rings. The summed E-state index contributed by atoms with van der Waals surface area (Å²) >= 11 is 0. The van der Waals surface area contributed by atoms with Gasteiger partial charge in [0, 0.05) is 6.42 Å². The van der Waals surface area contributed by atoms with Crippen molar-refractivity contribution < 1.29 is 9.53 Å². The summed E-state index contributed by atoms with van der Waals surface area (Å²) in [7, 11) is 0. The quantitative estimate of drug-likeness (QED) is 0.729. The van der Waals surface area contributed by atoms with Crippen molar-refractivity contribution in [2.75, 3.05) is 13.2 Å². The van der Waals surface area contributed by atoms with Gasteiger partial charge in [-0.3, -0.25) is 4.79 Å². The molecule has 1 atom stereocenters. The van der Waals surface area contributed by atoms with E-state index in [2.05, 4.69) is 38.2 Å². The van der Waals surface area contributed by atoms with Gasteiger partial charge in [0.05, 0.1) is 12.6 Å². The van der Waals surface area contributed by atoms with E-state index in [9.17, 15) is 4.79 Å². The molecule has 0 radical (unpaired) electrons. The first kappa shape index (κ1) is 16.5. The number of rotatable bonds is 9. The Morgan fingerprint density at radius 3 is 2.45 bits per heavy atom. The fraction of sp³-hybridized carbons (Fsp3) is 0.562. The number of ether oxygens (including phenoxy) is 1. The van der Waals surface area contributed by atoms with Crippen molar-refractivity contribution in [2.24, 2.45) is 5.73 Å². The Hall–Kier alpha value is -1.55. The Kier molecular flexibility index (Phi) is 7.09. The molecule has 0 saturated heterocycles. The van der Waals surface area contributed by atoms with Gasteiger partial charge in [-0.15, -0.1) is 0 Å². The van der Waals surface area contributed by atoms with Crippen molar-refractivity contribution in [1.29, 1.82) is 0 Å². The number of benzene rings is 1. The van der Waals surface area contributed by atoms with Gasteiger partial charge in [0.25, 0.3) is 0 Å². The lowest BCUT2D eigenvalue weighted by Crippen LogP contribution is -2.42. The molecular weight excluding hydrogens is 252 g/mol. The molecule has 0 aliphatic rings. The van der Waals surface area contributed by atoms with E-state index in [1.165, 1.54) is 5.56 Å². The minimum absolute atomic E-state index is 0.315. The Morgan fingerprint density at radius 2 is 1.95 bits per heavy atom. The molecule has 112 valence electrons. The predicted octanol–water partition coefficient (Wildman–Crippen LogP) is 2.43. The topological polar surface area (TPSA) is 64.3 Å². The molecule has 0 aliphatic carbocycles. The van der Waals surface area contributed by atoms with E-state index in [0.717, 1.165) is 18.7 Å². The van der Waals surface area contributed by atoms with Crippen LogP contribution >= 0.6 is 0 Å². The summed E-state index contributed by atoms with van der Waals surface area (Å²) in [5.41, 5.74) is 6.64. The maximum Gasteiger partial charge on any atom is 0.234 e. The van der Waals surface area contributed by atoms with Gasteiger partial charge in [-0.1, -0.05) is 32.9 Å². The normalized spacial score (nSPS) is 12.4. The molecule has 0 aromatic heterocycles. The number of hydrogen-bond acceptors (Lipinski definition) is 3. The van der Waals surface area contributed by atoms with Crippen LogP contribution in [0.3, 0.4) is 0 Å². The molecule has 1 aromatic carbocycles. The summed E-state index contributed by atoms with van der Waals surface area (Å²) in [5.74, 6) is 1.02. The summed E-state index contributed by atoms with van der Waals surface area (Å²) < 4.78 is 5.65. The van der Waals surface area contributed by atoms with Crippen molar-refractivity contribution in [3.05, 3.63) is 29.8 Å². The summed E-state index contributed by atoms with van der Waals surface area (Å²) in [6, 6.07) is 7.76. The van der Waals surface area contributed by atoms with E-state index in [0.29, 0.717) is 18.9 Å². The van der Waals surface area contributed by atoms with Gasteiger partial charge in [-0.2, -0.15) is 0 Å². The van der Waals surface area contributed by atoms with Crippen LogP contribution in [0.15, 0.2) is 24.3 Å². The zero-order valence-corrected chi connectivity index (χ0v) is 12.7. The summed E-state index contributed by atoms with van der Waals surface area (Å²) in [4.78, 5) is 11.3. The molecule has 0 heterocycles. The van der Waals surface area contributed by atoms with Gasteiger partial charge in [0.2, 0.25) is 5.91 Å². The van der Waals surface area contributed by atoms with Crippen LogP contribution in [0.4, 0.5) is 0 Å². The van der Waals surface area contributed by atoms with E-state index in [4.69, 9.17) is 10.5 Å². The monoisotopic (exact) mass is 278 g/mol. The molecule has 0 aliphatic heterocycles. The first-order valence-electron chi connectivity index (χ1n) is 7.30. The van der Waals surface area contributed by atoms with Gasteiger partial charge in [0.1, 0.15) is 5.75 Å². The maximum atomic E-state index is 11.3. The van der Waals surface area contributed by atoms with E-state index >= 15 is 0 Å². The van der Waals surface area contributed by atoms with Crippen molar-refractivity contribution >= 4 is 5.91 Å². The lowest BCUT2D eigenvalue weighted by molar-refractivity contribution is -0.120. The smallest absolute Gasteiger partial charge is 0.234 e. The molecule has 1 unspecified atom stereocenters. The highest BCUT2D eigenvalue weighted by Gasteiger charge is 2.13. The molecule has 0 spiro atoms. The summed E-state index contributed by atoms with van der Waals surface area (Å²) in [6.45, 7) is 7.64. The number of nitrogens with one attached hydrogen (secondary N) is 1. The molecule has 4 heteroatoms. The molecule has 3 N–H and O–H groups in total. The summed E-state index contributed by atoms with van der Waals surface area (Å²) in [6.07, 6.45) is 1.56. The second kappa shape index (κ2) is 8.59. The molecule has 0 bridgehead atoms. The average Bonchev–Trinajstić information content (AvgIpc) is 2.42. The molecule has 1 amide bonds. The van der Waals surface area contributed by atoms with Crippen LogP contribution in [0.1, 0.15) is 45.1 Å². The predicted molar refractivity (Wildman–Crippen MR) is 81.9 cm³/mol. The van der Waals surface area contributed by atoms with E-state index in [-0.39, 0.29) is 11.9 Å². The van der Waals surface area contributed by atoms with E-state index in [1.54, 1.807) is 0 Å². The van der Waals surface area contributed by atoms with Gasteiger partial charge in [-0.05, 0) is 36.6 Å². The van der Waals surface area contributed by atoms with Crippen LogP contribution in [-0.4, -0.2) is 25.1 Å². The third-order valence-electron chi connectivity index (χ3n) is 3.21. The SMILES string of the molecule is CCCNC(CCOc1ccc(C(C)C)cc1)C(N)=O. The third kappa shape index (κ3) is 5.61. The third-order valence-corrected chi connectivity index (χ3v) is 3.21.